The van der Waals surface area contributed by atoms with Crippen LogP contribution in [0.3, 0.4) is 0 Å². The normalized spacial score (nSPS) is 11.1. The number of nitrogens with zero attached hydrogens (tertiary/aromatic N) is 1. The quantitative estimate of drug-likeness (QED) is 0.474. The van der Waals surface area contributed by atoms with Crippen molar-refractivity contribution >= 4 is 11.9 Å². The number of hydrogen-bond donors (Lipinski definition) is 2. The van der Waals surface area contributed by atoms with Crippen LogP contribution < -0.4 is 10.6 Å². The number of hydrogen-bond acceptors (Lipinski definition) is 3. The topological polar surface area (TPSA) is 62.7 Å². The first-order chi connectivity index (χ1) is 9.71. The van der Waals surface area contributed by atoms with E-state index in [0.29, 0.717) is 18.7 Å². The Morgan fingerprint density at radius 2 is 1.90 bits per heavy atom. The molecular formula is C15H23N3O2. The van der Waals surface area contributed by atoms with Gasteiger partial charge in [-0.05, 0) is 31.0 Å². The van der Waals surface area contributed by atoms with E-state index in [4.69, 9.17) is 4.74 Å². The fourth-order valence-electron chi connectivity index (χ4n) is 1.62. The highest BCUT2D eigenvalue weighted by Crippen LogP contribution is 2.05. The summed E-state index contributed by atoms with van der Waals surface area (Å²) in [6.45, 7) is 5.84. The van der Waals surface area contributed by atoms with E-state index in [9.17, 15) is 4.79 Å². The van der Waals surface area contributed by atoms with Crippen molar-refractivity contribution in [1.82, 2.24) is 10.6 Å². The number of carbonyl (C=O) groups excluding carboxylic acids is 1. The van der Waals surface area contributed by atoms with Crippen LogP contribution in [0.25, 0.3) is 0 Å². The first-order valence-electron chi connectivity index (χ1n) is 6.91. The summed E-state index contributed by atoms with van der Waals surface area (Å²) < 4.78 is 4.94. The zero-order chi connectivity index (χ0) is 14.8. The Hall–Kier alpha value is -2.04. The van der Waals surface area contributed by atoms with E-state index in [1.54, 1.807) is 26.1 Å². The summed E-state index contributed by atoms with van der Waals surface area (Å²) in [5, 5.41) is 6.42. The summed E-state index contributed by atoms with van der Waals surface area (Å²) in [5.41, 5.74) is 1.65. The average molecular weight is 277 g/mol. The number of carbonyl (C=O) groups is 1. The molecule has 0 radical (unpaired) electrons. The van der Waals surface area contributed by atoms with Gasteiger partial charge in [0.2, 0.25) is 0 Å². The van der Waals surface area contributed by atoms with Crippen LogP contribution in [0.5, 0.6) is 0 Å². The second-order valence-corrected chi connectivity index (χ2v) is 4.27. The minimum absolute atomic E-state index is 0.285. The van der Waals surface area contributed by atoms with Crippen LogP contribution >= 0.6 is 0 Å². The van der Waals surface area contributed by atoms with Crippen molar-refractivity contribution in [1.29, 1.82) is 0 Å². The first kappa shape index (κ1) is 16.0. The number of rotatable bonds is 6. The third-order valence-electron chi connectivity index (χ3n) is 2.69. The third-order valence-corrected chi connectivity index (χ3v) is 2.69. The van der Waals surface area contributed by atoms with Gasteiger partial charge in [0.05, 0.1) is 12.2 Å². The van der Waals surface area contributed by atoms with E-state index in [1.165, 1.54) is 0 Å². The molecule has 0 unspecified atom stereocenters. The lowest BCUT2D eigenvalue weighted by Crippen LogP contribution is -2.37. The maximum atomic E-state index is 11.5. The van der Waals surface area contributed by atoms with Crippen molar-refractivity contribution in [3.8, 4) is 0 Å². The van der Waals surface area contributed by atoms with Gasteiger partial charge < -0.3 is 15.4 Å². The largest absolute Gasteiger partial charge is 0.462 e. The second-order valence-electron chi connectivity index (χ2n) is 4.27. The molecule has 2 N–H and O–H groups in total. The molecule has 1 aromatic carbocycles. The maximum absolute atomic E-state index is 11.5. The Morgan fingerprint density at radius 3 is 2.45 bits per heavy atom. The highest BCUT2D eigenvalue weighted by molar-refractivity contribution is 5.89. The van der Waals surface area contributed by atoms with Gasteiger partial charge in [-0.25, -0.2) is 4.79 Å². The molecule has 0 aliphatic carbocycles. The Balaban J connectivity index is 2.51. The number of esters is 1. The molecule has 0 heterocycles. The lowest BCUT2D eigenvalue weighted by molar-refractivity contribution is 0.0526. The predicted molar refractivity (Wildman–Crippen MR) is 80.9 cm³/mol. The Bertz CT molecular complexity index is 441. The van der Waals surface area contributed by atoms with Gasteiger partial charge in [0.1, 0.15) is 0 Å². The highest BCUT2D eigenvalue weighted by atomic mass is 16.5. The molecular weight excluding hydrogens is 254 g/mol. The Kier molecular flexibility index (Phi) is 7.17. The van der Waals surface area contributed by atoms with Crippen LogP contribution in [0, 0.1) is 0 Å². The van der Waals surface area contributed by atoms with Crippen molar-refractivity contribution in [2.75, 3.05) is 20.2 Å². The molecule has 0 fully saturated rings. The molecule has 0 aromatic heterocycles. The number of guanidine groups is 1. The summed E-state index contributed by atoms with van der Waals surface area (Å²) >= 11 is 0. The molecule has 0 saturated carbocycles. The van der Waals surface area contributed by atoms with Gasteiger partial charge >= 0.3 is 5.97 Å². The molecule has 1 aromatic rings. The van der Waals surface area contributed by atoms with Gasteiger partial charge in [-0.3, -0.25) is 4.99 Å². The lowest BCUT2D eigenvalue weighted by atomic mass is 10.1. The molecule has 110 valence electrons. The highest BCUT2D eigenvalue weighted by Gasteiger charge is 2.05. The van der Waals surface area contributed by atoms with Crippen LogP contribution in [0.2, 0.25) is 0 Å². The van der Waals surface area contributed by atoms with Crippen molar-refractivity contribution in [3.63, 3.8) is 0 Å². The van der Waals surface area contributed by atoms with Gasteiger partial charge in [0, 0.05) is 20.1 Å². The number of aliphatic imine (C=N–C) groups is 1. The second kappa shape index (κ2) is 8.96. The lowest BCUT2D eigenvalue weighted by Gasteiger charge is -2.11. The van der Waals surface area contributed by atoms with Crippen LogP contribution in [0.15, 0.2) is 29.3 Å². The molecule has 1 rings (SSSR count). The minimum Gasteiger partial charge on any atom is -0.462 e. The van der Waals surface area contributed by atoms with Gasteiger partial charge in [-0.2, -0.15) is 0 Å². The Morgan fingerprint density at radius 1 is 1.20 bits per heavy atom. The summed E-state index contributed by atoms with van der Waals surface area (Å²) in [5.74, 6) is 0.494. The smallest absolute Gasteiger partial charge is 0.338 e. The van der Waals surface area contributed by atoms with Crippen molar-refractivity contribution < 1.29 is 9.53 Å². The zero-order valence-corrected chi connectivity index (χ0v) is 12.4. The molecule has 5 heteroatoms. The SMILES string of the molecule is CCCNC(=NC)NCc1ccc(C(=O)OCC)cc1. The molecule has 0 aliphatic rings. The van der Waals surface area contributed by atoms with E-state index < -0.39 is 0 Å². The Labute approximate surface area is 120 Å². The van der Waals surface area contributed by atoms with Gasteiger partial charge in [-0.1, -0.05) is 19.1 Å². The predicted octanol–water partition coefficient (Wildman–Crippen LogP) is 1.94. The molecule has 20 heavy (non-hydrogen) atoms. The molecule has 0 saturated heterocycles. The minimum atomic E-state index is -0.285. The zero-order valence-electron chi connectivity index (χ0n) is 12.4. The molecule has 0 amide bonds. The molecule has 0 spiro atoms. The van der Waals surface area contributed by atoms with E-state index in [2.05, 4.69) is 22.5 Å². The summed E-state index contributed by atoms with van der Waals surface area (Å²) in [6, 6.07) is 7.37. The first-order valence-corrected chi connectivity index (χ1v) is 6.91. The summed E-state index contributed by atoms with van der Waals surface area (Å²) in [7, 11) is 1.74. The standard InChI is InChI=1S/C15H23N3O2/c1-4-10-17-15(16-3)18-11-12-6-8-13(9-7-12)14(19)20-5-2/h6-9H,4-5,10-11H2,1-3H3,(H2,16,17,18). The van der Waals surface area contributed by atoms with E-state index in [-0.39, 0.29) is 5.97 Å². The van der Waals surface area contributed by atoms with E-state index in [0.717, 1.165) is 24.5 Å². The van der Waals surface area contributed by atoms with Crippen molar-refractivity contribution in [2.45, 2.75) is 26.8 Å². The third kappa shape index (κ3) is 5.30. The fraction of sp³-hybridized carbons (Fsp3) is 0.467. The molecule has 0 bridgehead atoms. The number of nitrogens with one attached hydrogen (secondary N) is 2. The monoisotopic (exact) mass is 277 g/mol. The molecule has 0 aliphatic heterocycles. The van der Waals surface area contributed by atoms with Gasteiger partial charge in [0.25, 0.3) is 0 Å². The summed E-state index contributed by atoms with van der Waals surface area (Å²) in [6.07, 6.45) is 1.05. The van der Waals surface area contributed by atoms with Crippen molar-refractivity contribution in [2.24, 2.45) is 4.99 Å². The number of benzene rings is 1. The summed E-state index contributed by atoms with van der Waals surface area (Å²) in [4.78, 5) is 15.7. The molecule has 5 nitrogen and oxygen atoms in total. The fourth-order valence-corrected chi connectivity index (χ4v) is 1.62. The average Bonchev–Trinajstić information content (AvgIpc) is 2.48. The van der Waals surface area contributed by atoms with Crippen LogP contribution in [-0.4, -0.2) is 32.1 Å². The van der Waals surface area contributed by atoms with E-state index >= 15 is 0 Å². The van der Waals surface area contributed by atoms with Crippen LogP contribution in [-0.2, 0) is 11.3 Å². The number of ether oxygens (including phenoxy) is 1. The molecule has 0 atom stereocenters. The van der Waals surface area contributed by atoms with Crippen molar-refractivity contribution in [3.05, 3.63) is 35.4 Å². The van der Waals surface area contributed by atoms with Gasteiger partial charge in [-0.15, -0.1) is 0 Å². The maximum Gasteiger partial charge on any atom is 0.338 e. The van der Waals surface area contributed by atoms with E-state index in [1.807, 2.05) is 12.1 Å². The van der Waals surface area contributed by atoms with Gasteiger partial charge in [0.15, 0.2) is 5.96 Å². The van der Waals surface area contributed by atoms with Crippen LogP contribution in [0.4, 0.5) is 0 Å². The van der Waals surface area contributed by atoms with Crippen LogP contribution in [0.1, 0.15) is 36.2 Å².